The van der Waals surface area contributed by atoms with Crippen LogP contribution in [0, 0.1) is 5.82 Å². The van der Waals surface area contributed by atoms with E-state index in [0.717, 1.165) is 11.1 Å². The number of aromatic nitrogens is 3. The molecule has 0 aliphatic carbocycles. The third-order valence-electron chi connectivity index (χ3n) is 3.52. The maximum atomic E-state index is 13.4. The minimum atomic E-state index is -0.488. The third-order valence-corrected chi connectivity index (χ3v) is 3.52. The summed E-state index contributed by atoms with van der Waals surface area (Å²) in [5.74, 6) is -0.733. The number of ether oxygens (including phenoxy) is 1. The zero-order chi connectivity index (χ0) is 17.5. The van der Waals surface area contributed by atoms with Crippen molar-refractivity contribution in [2.45, 2.75) is 13.1 Å². The van der Waals surface area contributed by atoms with Crippen molar-refractivity contribution in [1.82, 2.24) is 20.1 Å². The molecular weight excluding hydrogens is 323 g/mol. The standard InChI is InChI=1S/C18H17FN4O2/c19-16-3-1-2-4-17(16)25-11-18(24)21-9-14-5-7-15(8-6-14)10-23-13-20-12-22-23/h1-8,12-13H,9-11H2,(H,21,24). The first kappa shape index (κ1) is 16.6. The maximum Gasteiger partial charge on any atom is 0.258 e. The van der Waals surface area contributed by atoms with Gasteiger partial charge in [0, 0.05) is 6.54 Å². The quantitative estimate of drug-likeness (QED) is 0.716. The molecule has 0 aliphatic heterocycles. The number of hydrogen-bond acceptors (Lipinski definition) is 4. The Labute approximate surface area is 144 Å². The molecule has 6 nitrogen and oxygen atoms in total. The van der Waals surface area contributed by atoms with E-state index in [4.69, 9.17) is 4.74 Å². The van der Waals surface area contributed by atoms with Crippen LogP contribution >= 0.6 is 0 Å². The topological polar surface area (TPSA) is 69.0 Å². The van der Waals surface area contributed by atoms with Crippen molar-refractivity contribution in [2.24, 2.45) is 0 Å². The molecule has 0 unspecified atom stereocenters. The molecule has 0 saturated carbocycles. The molecule has 128 valence electrons. The summed E-state index contributed by atoms with van der Waals surface area (Å²) in [6.45, 7) is 0.789. The lowest BCUT2D eigenvalue weighted by molar-refractivity contribution is -0.123. The second-order valence-electron chi connectivity index (χ2n) is 5.41. The van der Waals surface area contributed by atoms with Crippen molar-refractivity contribution < 1.29 is 13.9 Å². The van der Waals surface area contributed by atoms with Gasteiger partial charge in [-0.15, -0.1) is 0 Å². The molecule has 1 N–H and O–H groups in total. The van der Waals surface area contributed by atoms with Gasteiger partial charge in [0.2, 0.25) is 0 Å². The average Bonchev–Trinajstić information content (AvgIpc) is 3.13. The van der Waals surface area contributed by atoms with E-state index in [0.29, 0.717) is 13.1 Å². The van der Waals surface area contributed by atoms with E-state index in [9.17, 15) is 9.18 Å². The largest absolute Gasteiger partial charge is 0.481 e. The Balaban J connectivity index is 1.45. The molecule has 0 bridgehead atoms. The summed E-state index contributed by atoms with van der Waals surface area (Å²) in [6.07, 6.45) is 3.15. The minimum Gasteiger partial charge on any atom is -0.481 e. The highest BCUT2D eigenvalue weighted by Crippen LogP contribution is 2.14. The van der Waals surface area contributed by atoms with Crippen molar-refractivity contribution in [2.75, 3.05) is 6.61 Å². The summed E-state index contributed by atoms with van der Waals surface area (Å²) in [6, 6.07) is 13.8. The molecule has 2 aromatic carbocycles. The van der Waals surface area contributed by atoms with Crippen LogP contribution < -0.4 is 10.1 Å². The number of rotatable bonds is 7. The van der Waals surface area contributed by atoms with Crippen LogP contribution in [0.5, 0.6) is 5.75 Å². The van der Waals surface area contributed by atoms with Crippen molar-refractivity contribution in [3.8, 4) is 5.75 Å². The van der Waals surface area contributed by atoms with Gasteiger partial charge in [-0.3, -0.25) is 4.79 Å². The highest BCUT2D eigenvalue weighted by Gasteiger charge is 2.06. The van der Waals surface area contributed by atoms with Gasteiger partial charge in [0.1, 0.15) is 12.7 Å². The smallest absolute Gasteiger partial charge is 0.258 e. The molecule has 0 radical (unpaired) electrons. The summed E-state index contributed by atoms with van der Waals surface area (Å²) in [7, 11) is 0. The molecular formula is C18H17FN4O2. The van der Waals surface area contributed by atoms with E-state index in [2.05, 4.69) is 15.4 Å². The molecule has 0 spiro atoms. The Morgan fingerprint density at radius 2 is 1.88 bits per heavy atom. The molecule has 1 aromatic heterocycles. The van der Waals surface area contributed by atoms with Crippen molar-refractivity contribution in [3.05, 3.63) is 78.1 Å². The lowest BCUT2D eigenvalue weighted by Gasteiger charge is -2.09. The fourth-order valence-corrected chi connectivity index (χ4v) is 2.22. The molecule has 0 fully saturated rings. The van der Waals surface area contributed by atoms with Gasteiger partial charge in [0.15, 0.2) is 18.2 Å². The van der Waals surface area contributed by atoms with E-state index in [1.807, 2.05) is 24.3 Å². The first-order valence-electron chi connectivity index (χ1n) is 7.75. The zero-order valence-electron chi connectivity index (χ0n) is 13.4. The van der Waals surface area contributed by atoms with Gasteiger partial charge in [-0.05, 0) is 23.3 Å². The maximum absolute atomic E-state index is 13.4. The normalized spacial score (nSPS) is 10.4. The van der Waals surface area contributed by atoms with Gasteiger partial charge in [0.25, 0.3) is 5.91 Å². The van der Waals surface area contributed by atoms with Crippen molar-refractivity contribution in [1.29, 1.82) is 0 Å². The second-order valence-corrected chi connectivity index (χ2v) is 5.41. The summed E-state index contributed by atoms with van der Waals surface area (Å²) in [4.78, 5) is 15.7. The van der Waals surface area contributed by atoms with Crippen molar-refractivity contribution >= 4 is 5.91 Å². The number of nitrogens with zero attached hydrogens (tertiary/aromatic N) is 3. The minimum absolute atomic E-state index is 0.0649. The molecule has 1 amide bonds. The van der Waals surface area contributed by atoms with Gasteiger partial charge in [-0.25, -0.2) is 14.1 Å². The van der Waals surface area contributed by atoms with Gasteiger partial charge in [-0.1, -0.05) is 36.4 Å². The monoisotopic (exact) mass is 340 g/mol. The number of para-hydroxylation sites is 1. The van der Waals surface area contributed by atoms with E-state index in [1.54, 1.807) is 23.1 Å². The number of benzene rings is 2. The van der Waals surface area contributed by atoms with Gasteiger partial charge in [-0.2, -0.15) is 5.10 Å². The summed E-state index contributed by atoms with van der Waals surface area (Å²) in [5, 5.41) is 6.79. The second kappa shape index (κ2) is 8.05. The number of amides is 1. The van der Waals surface area contributed by atoms with E-state index < -0.39 is 5.82 Å². The number of carbonyl (C=O) groups excluding carboxylic acids is 1. The fourth-order valence-electron chi connectivity index (χ4n) is 2.22. The fraction of sp³-hybridized carbons (Fsp3) is 0.167. The van der Waals surface area contributed by atoms with Crippen LogP contribution in [0.25, 0.3) is 0 Å². The van der Waals surface area contributed by atoms with E-state index in [1.165, 1.54) is 18.5 Å². The van der Waals surface area contributed by atoms with Crippen LogP contribution in [0.15, 0.2) is 61.2 Å². The van der Waals surface area contributed by atoms with Crippen LogP contribution in [-0.4, -0.2) is 27.3 Å². The van der Waals surface area contributed by atoms with Crippen LogP contribution in [0.2, 0.25) is 0 Å². The Kier molecular flexibility index (Phi) is 5.36. The number of hydrogen-bond donors (Lipinski definition) is 1. The molecule has 25 heavy (non-hydrogen) atoms. The predicted molar refractivity (Wildman–Crippen MR) is 89.3 cm³/mol. The third kappa shape index (κ3) is 4.87. The molecule has 3 aromatic rings. The number of nitrogens with one attached hydrogen (secondary N) is 1. The lowest BCUT2D eigenvalue weighted by Crippen LogP contribution is -2.28. The van der Waals surface area contributed by atoms with Crippen LogP contribution in [0.1, 0.15) is 11.1 Å². The Bertz CT molecular complexity index is 819. The SMILES string of the molecule is O=C(COc1ccccc1F)NCc1ccc(Cn2cncn2)cc1. The summed E-state index contributed by atoms with van der Waals surface area (Å²) < 4.78 is 20.3. The first-order chi connectivity index (χ1) is 12.2. The molecule has 0 saturated heterocycles. The zero-order valence-corrected chi connectivity index (χ0v) is 13.4. The lowest BCUT2D eigenvalue weighted by atomic mass is 10.1. The van der Waals surface area contributed by atoms with E-state index >= 15 is 0 Å². The number of carbonyl (C=O) groups is 1. The van der Waals surface area contributed by atoms with Crippen molar-refractivity contribution in [3.63, 3.8) is 0 Å². The highest BCUT2D eigenvalue weighted by atomic mass is 19.1. The van der Waals surface area contributed by atoms with Crippen LogP contribution in [0.3, 0.4) is 0 Å². The molecule has 0 aliphatic rings. The summed E-state index contributed by atoms with van der Waals surface area (Å²) >= 11 is 0. The molecule has 0 atom stereocenters. The highest BCUT2D eigenvalue weighted by molar-refractivity contribution is 5.77. The molecule has 7 heteroatoms. The first-order valence-corrected chi connectivity index (χ1v) is 7.75. The van der Waals surface area contributed by atoms with Gasteiger partial charge < -0.3 is 10.1 Å². The average molecular weight is 340 g/mol. The van der Waals surface area contributed by atoms with Gasteiger partial charge >= 0.3 is 0 Å². The predicted octanol–water partition coefficient (Wildman–Crippen LogP) is 2.16. The summed E-state index contributed by atoms with van der Waals surface area (Å²) in [5.41, 5.74) is 2.05. The van der Waals surface area contributed by atoms with Gasteiger partial charge in [0.05, 0.1) is 6.54 Å². The molecule has 3 rings (SSSR count). The van der Waals surface area contributed by atoms with E-state index in [-0.39, 0.29) is 18.3 Å². The Morgan fingerprint density at radius 3 is 2.60 bits per heavy atom. The number of halogens is 1. The Hall–Kier alpha value is -3.22. The van der Waals surface area contributed by atoms with Crippen LogP contribution in [0.4, 0.5) is 4.39 Å². The van der Waals surface area contributed by atoms with Crippen LogP contribution in [-0.2, 0) is 17.9 Å². The Morgan fingerprint density at radius 1 is 1.12 bits per heavy atom. The molecule has 1 heterocycles.